The Balaban J connectivity index is 1.94. The molecule has 0 amide bonds. The standard InChI is InChI=1S/C20H24N2/c1-15-11-12-19-18(10-7-13-22(19)3)20(15)21-16(2)14-17-8-5-4-6-9-17/h4-6,8-9,11-12H,7,10,13-14H2,1-3H3. The van der Waals surface area contributed by atoms with Crippen LogP contribution in [0.15, 0.2) is 47.5 Å². The summed E-state index contributed by atoms with van der Waals surface area (Å²) in [6.45, 7) is 5.45. The van der Waals surface area contributed by atoms with Gasteiger partial charge in [-0.15, -0.1) is 0 Å². The van der Waals surface area contributed by atoms with E-state index in [-0.39, 0.29) is 0 Å². The lowest BCUT2D eigenvalue weighted by Crippen LogP contribution is -2.24. The van der Waals surface area contributed by atoms with Gasteiger partial charge in [-0.05, 0) is 43.9 Å². The highest BCUT2D eigenvalue weighted by molar-refractivity contribution is 5.88. The fraction of sp³-hybridized carbons (Fsp3) is 0.350. The number of anilines is 1. The number of benzene rings is 2. The van der Waals surface area contributed by atoms with E-state index in [0.29, 0.717) is 0 Å². The molecule has 1 heterocycles. The van der Waals surface area contributed by atoms with Gasteiger partial charge in [0.15, 0.2) is 0 Å². The van der Waals surface area contributed by atoms with Crippen molar-refractivity contribution < 1.29 is 0 Å². The van der Waals surface area contributed by atoms with Crippen molar-refractivity contribution in [1.82, 2.24) is 0 Å². The first-order chi connectivity index (χ1) is 10.6. The smallest absolute Gasteiger partial charge is 0.0710 e. The van der Waals surface area contributed by atoms with Crippen LogP contribution in [0.4, 0.5) is 11.4 Å². The summed E-state index contributed by atoms with van der Waals surface area (Å²) in [7, 11) is 2.18. The highest BCUT2D eigenvalue weighted by Gasteiger charge is 2.18. The highest BCUT2D eigenvalue weighted by Crippen LogP contribution is 2.36. The number of rotatable bonds is 3. The van der Waals surface area contributed by atoms with Crippen molar-refractivity contribution >= 4 is 17.1 Å². The number of aryl methyl sites for hydroxylation is 1. The molecule has 1 aliphatic heterocycles. The molecule has 2 heteroatoms. The summed E-state index contributed by atoms with van der Waals surface area (Å²) in [5.41, 5.74) is 7.74. The molecule has 0 bridgehead atoms. The van der Waals surface area contributed by atoms with E-state index in [9.17, 15) is 0 Å². The Morgan fingerprint density at radius 1 is 1.14 bits per heavy atom. The molecule has 2 nitrogen and oxygen atoms in total. The van der Waals surface area contributed by atoms with Crippen LogP contribution in [-0.4, -0.2) is 19.3 Å². The Kier molecular flexibility index (Phi) is 4.28. The largest absolute Gasteiger partial charge is 0.374 e. The number of fused-ring (bicyclic) bond motifs is 1. The van der Waals surface area contributed by atoms with Gasteiger partial charge >= 0.3 is 0 Å². The third-order valence-electron chi connectivity index (χ3n) is 4.40. The van der Waals surface area contributed by atoms with Crippen LogP contribution in [0.2, 0.25) is 0 Å². The quantitative estimate of drug-likeness (QED) is 0.748. The van der Waals surface area contributed by atoms with Crippen LogP contribution in [-0.2, 0) is 12.8 Å². The third-order valence-corrected chi connectivity index (χ3v) is 4.40. The maximum absolute atomic E-state index is 4.99. The molecule has 114 valence electrons. The average molecular weight is 292 g/mol. The summed E-state index contributed by atoms with van der Waals surface area (Å²) < 4.78 is 0. The Morgan fingerprint density at radius 2 is 1.91 bits per heavy atom. The summed E-state index contributed by atoms with van der Waals surface area (Å²) >= 11 is 0. The van der Waals surface area contributed by atoms with E-state index in [1.165, 1.54) is 40.2 Å². The van der Waals surface area contributed by atoms with Gasteiger partial charge in [0.25, 0.3) is 0 Å². The second kappa shape index (κ2) is 6.35. The second-order valence-electron chi connectivity index (χ2n) is 6.26. The molecule has 0 saturated carbocycles. The van der Waals surface area contributed by atoms with Crippen LogP contribution < -0.4 is 4.90 Å². The average Bonchev–Trinajstić information content (AvgIpc) is 2.51. The lowest BCUT2D eigenvalue weighted by atomic mass is 9.97. The summed E-state index contributed by atoms with van der Waals surface area (Å²) in [6, 6.07) is 15.0. The predicted octanol–water partition coefficient (Wildman–Crippen LogP) is 4.71. The van der Waals surface area contributed by atoms with E-state index in [1.807, 2.05) is 0 Å². The number of aliphatic imine (C=N–C) groups is 1. The van der Waals surface area contributed by atoms with E-state index in [0.717, 1.165) is 19.4 Å². The summed E-state index contributed by atoms with van der Waals surface area (Å²) in [5.74, 6) is 0. The van der Waals surface area contributed by atoms with E-state index in [4.69, 9.17) is 4.99 Å². The fourth-order valence-electron chi connectivity index (χ4n) is 3.24. The first kappa shape index (κ1) is 14.8. The van der Waals surface area contributed by atoms with Gasteiger partial charge in [0.2, 0.25) is 0 Å². The van der Waals surface area contributed by atoms with E-state index in [2.05, 4.69) is 68.3 Å². The summed E-state index contributed by atoms with van der Waals surface area (Å²) in [5, 5.41) is 0. The normalized spacial score (nSPS) is 14.9. The van der Waals surface area contributed by atoms with E-state index < -0.39 is 0 Å². The molecule has 0 radical (unpaired) electrons. The molecule has 0 atom stereocenters. The number of nitrogens with zero attached hydrogens (tertiary/aromatic N) is 2. The van der Waals surface area contributed by atoms with Crippen LogP contribution in [0.1, 0.15) is 30.0 Å². The second-order valence-corrected chi connectivity index (χ2v) is 6.26. The zero-order chi connectivity index (χ0) is 15.5. The molecule has 0 fully saturated rings. The first-order valence-electron chi connectivity index (χ1n) is 8.07. The maximum Gasteiger partial charge on any atom is 0.0710 e. The number of hydrogen-bond acceptors (Lipinski definition) is 2. The number of hydrogen-bond donors (Lipinski definition) is 0. The van der Waals surface area contributed by atoms with Crippen LogP contribution in [0.5, 0.6) is 0 Å². The van der Waals surface area contributed by atoms with Crippen LogP contribution in [0.3, 0.4) is 0 Å². The lowest BCUT2D eigenvalue weighted by molar-refractivity contribution is 0.744. The minimum Gasteiger partial charge on any atom is -0.374 e. The van der Waals surface area contributed by atoms with Gasteiger partial charge in [0.05, 0.1) is 5.69 Å². The molecule has 2 aromatic rings. The van der Waals surface area contributed by atoms with Gasteiger partial charge < -0.3 is 4.90 Å². The van der Waals surface area contributed by atoms with Gasteiger partial charge in [-0.1, -0.05) is 36.4 Å². The van der Waals surface area contributed by atoms with Crippen molar-refractivity contribution in [1.29, 1.82) is 0 Å². The Labute approximate surface area is 133 Å². The first-order valence-corrected chi connectivity index (χ1v) is 8.07. The molecule has 0 aliphatic carbocycles. The fourth-order valence-corrected chi connectivity index (χ4v) is 3.24. The molecular weight excluding hydrogens is 268 g/mol. The van der Waals surface area contributed by atoms with Crippen molar-refractivity contribution in [2.45, 2.75) is 33.1 Å². The molecule has 22 heavy (non-hydrogen) atoms. The molecule has 1 aliphatic rings. The Bertz CT molecular complexity index is 686. The third kappa shape index (κ3) is 3.06. The van der Waals surface area contributed by atoms with E-state index in [1.54, 1.807) is 0 Å². The van der Waals surface area contributed by atoms with Crippen LogP contribution in [0, 0.1) is 6.92 Å². The lowest BCUT2D eigenvalue weighted by Gasteiger charge is -2.29. The van der Waals surface area contributed by atoms with Crippen molar-refractivity contribution in [3.05, 3.63) is 59.2 Å². The molecule has 3 rings (SSSR count). The van der Waals surface area contributed by atoms with Gasteiger partial charge in [-0.3, -0.25) is 4.99 Å². The van der Waals surface area contributed by atoms with Crippen LogP contribution >= 0.6 is 0 Å². The zero-order valence-corrected chi connectivity index (χ0v) is 13.8. The van der Waals surface area contributed by atoms with Gasteiger partial charge in [-0.25, -0.2) is 0 Å². The minimum absolute atomic E-state index is 0.916. The van der Waals surface area contributed by atoms with Gasteiger partial charge in [-0.2, -0.15) is 0 Å². The molecule has 0 N–H and O–H groups in total. The molecular formula is C20H24N2. The molecule has 0 spiro atoms. The molecule has 0 aromatic heterocycles. The monoisotopic (exact) mass is 292 g/mol. The van der Waals surface area contributed by atoms with Gasteiger partial charge in [0, 0.05) is 37.0 Å². The summed E-state index contributed by atoms with van der Waals surface area (Å²) in [4.78, 5) is 7.34. The van der Waals surface area contributed by atoms with Crippen molar-refractivity contribution in [3.63, 3.8) is 0 Å². The predicted molar refractivity (Wildman–Crippen MR) is 95.7 cm³/mol. The Hall–Kier alpha value is -2.09. The zero-order valence-electron chi connectivity index (χ0n) is 13.8. The summed E-state index contributed by atoms with van der Waals surface area (Å²) in [6.07, 6.45) is 3.27. The minimum atomic E-state index is 0.916. The molecule has 0 saturated heterocycles. The van der Waals surface area contributed by atoms with Crippen molar-refractivity contribution in [2.75, 3.05) is 18.5 Å². The van der Waals surface area contributed by atoms with Crippen molar-refractivity contribution in [3.8, 4) is 0 Å². The highest BCUT2D eigenvalue weighted by atomic mass is 15.1. The SMILES string of the molecule is CC(Cc1ccccc1)=Nc1c(C)ccc2c1CCCN2C. The maximum atomic E-state index is 4.99. The molecule has 2 aromatic carbocycles. The Morgan fingerprint density at radius 3 is 2.68 bits per heavy atom. The van der Waals surface area contributed by atoms with Crippen molar-refractivity contribution in [2.24, 2.45) is 4.99 Å². The van der Waals surface area contributed by atoms with E-state index >= 15 is 0 Å². The molecule has 0 unspecified atom stereocenters. The topological polar surface area (TPSA) is 15.6 Å². The van der Waals surface area contributed by atoms with Gasteiger partial charge in [0.1, 0.15) is 0 Å². The van der Waals surface area contributed by atoms with Crippen LogP contribution in [0.25, 0.3) is 0 Å².